The Hall–Kier alpha value is -3.12. The summed E-state index contributed by atoms with van der Waals surface area (Å²) in [5.74, 6) is -0.901. The van der Waals surface area contributed by atoms with Gasteiger partial charge in [-0.1, -0.05) is 43.3 Å². The van der Waals surface area contributed by atoms with Crippen LogP contribution in [0.15, 0.2) is 74.5 Å². The highest BCUT2D eigenvalue weighted by Gasteiger charge is 2.30. The average Bonchev–Trinajstić information content (AvgIpc) is 2.81. The number of anilines is 1. The lowest BCUT2D eigenvalue weighted by molar-refractivity contribution is -0.137. The number of carbonyl (C=O) groups excluding carboxylic acids is 1. The van der Waals surface area contributed by atoms with E-state index in [2.05, 4.69) is 22.2 Å². The molecule has 35 heavy (non-hydrogen) atoms. The maximum Gasteiger partial charge on any atom is 0.416 e. The first-order valence-electron chi connectivity index (χ1n) is 10.5. The molecule has 0 unspecified atom stereocenters. The summed E-state index contributed by atoms with van der Waals surface area (Å²) < 4.78 is 64.1. The number of nitrogens with zero attached hydrogens (tertiary/aromatic N) is 1. The lowest BCUT2D eigenvalue weighted by atomic mass is 10.1. The van der Waals surface area contributed by atoms with Crippen LogP contribution in [0.25, 0.3) is 0 Å². The maximum atomic E-state index is 12.8. The number of nitrogens with one attached hydrogen (secondary N) is 2. The fraction of sp³-hybridized carbons (Fsp3) is 0.261. The molecule has 0 aliphatic heterocycles. The van der Waals surface area contributed by atoms with E-state index in [4.69, 9.17) is 0 Å². The number of carbonyl (C=O) groups is 1. The molecule has 0 atom stereocenters. The Balaban J connectivity index is 1.66. The van der Waals surface area contributed by atoms with E-state index in [1.54, 1.807) is 12.1 Å². The minimum Gasteiger partial charge on any atom is -0.325 e. The first-order chi connectivity index (χ1) is 16.5. The van der Waals surface area contributed by atoms with Gasteiger partial charge >= 0.3 is 6.18 Å². The number of halogens is 3. The number of sulfone groups is 1. The van der Waals surface area contributed by atoms with Crippen molar-refractivity contribution < 1.29 is 26.4 Å². The number of thioether (sulfide) groups is 1. The number of aryl methyl sites for hydroxylation is 1. The van der Waals surface area contributed by atoms with Gasteiger partial charge < -0.3 is 10.3 Å². The highest BCUT2D eigenvalue weighted by molar-refractivity contribution is 7.99. The van der Waals surface area contributed by atoms with E-state index in [1.165, 1.54) is 24.3 Å². The first kappa shape index (κ1) is 26.5. The lowest BCUT2D eigenvalue weighted by Gasteiger charge is -2.10. The number of alkyl halides is 3. The first-order valence-corrected chi connectivity index (χ1v) is 13.0. The minimum atomic E-state index is -4.54. The van der Waals surface area contributed by atoms with E-state index in [-0.39, 0.29) is 21.5 Å². The zero-order valence-electron chi connectivity index (χ0n) is 18.6. The third-order valence-electron chi connectivity index (χ3n) is 4.90. The fourth-order valence-electron chi connectivity index (χ4n) is 3.08. The zero-order chi connectivity index (χ0) is 25.6. The summed E-state index contributed by atoms with van der Waals surface area (Å²) in [6.45, 7) is 2.06. The van der Waals surface area contributed by atoms with E-state index < -0.39 is 37.9 Å². The van der Waals surface area contributed by atoms with Crippen LogP contribution in [0.5, 0.6) is 0 Å². The molecule has 0 aliphatic carbocycles. The van der Waals surface area contributed by atoms with Crippen LogP contribution in [0.2, 0.25) is 0 Å². The molecule has 0 fully saturated rings. The van der Waals surface area contributed by atoms with E-state index in [0.29, 0.717) is 0 Å². The van der Waals surface area contributed by atoms with E-state index in [0.717, 1.165) is 54.9 Å². The molecule has 2 N–H and O–H groups in total. The number of rotatable bonds is 9. The summed E-state index contributed by atoms with van der Waals surface area (Å²) in [6, 6.07) is 10.5. The fourth-order valence-corrected chi connectivity index (χ4v) is 4.95. The summed E-state index contributed by atoms with van der Waals surface area (Å²) in [6.07, 6.45) is -0.804. The molecule has 0 saturated heterocycles. The van der Waals surface area contributed by atoms with Crippen molar-refractivity contribution in [1.82, 2.24) is 9.97 Å². The molecule has 3 rings (SSSR count). The van der Waals surface area contributed by atoms with Gasteiger partial charge in [0.15, 0.2) is 10.1 Å². The Labute approximate surface area is 204 Å². The quantitative estimate of drug-likeness (QED) is 0.310. The molecule has 7 nitrogen and oxygen atoms in total. The summed E-state index contributed by atoms with van der Waals surface area (Å²) in [7, 11) is -4.10. The molecule has 1 aromatic heterocycles. The highest BCUT2D eigenvalue weighted by atomic mass is 32.2. The normalized spacial score (nSPS) is 11.9. The molecule has 186 valence electrons. The third-order valence-corrected chi connectivity index (χ3v) is 7.55. The van der Waals surface area contributed by atoms with Gasteiger partial charge in [-0.15, -0.1) is 0 Å². The molecule has 0 saturated carbocycles. The number of hydrogen-bond donors (Lipinski definition) is 2. The molecule has 1 heterocycles. The molecule has 1 amide bonds. The van der Waals surface area contributed by atoms with Crippen LogP contribution in [-0.4, -0.2) is 30.0 Å². The van der Waals surface area contributed by atoms with Crippen molar-refractivity contribution in [1.29, 1.82) is 0 Å². The van der Waals surface area contributed by atoms with Gasteiger partial charge in [0.25, 0.3) is 5.56 Å². The number of hydrogen-bond acceptors (Lipinski definition) is 6. The standard InChI is InChI=1S/C23H22F3N3O4S2/c1-2-3-5-15-8-10-18(11-9-15)35(32,33)19-13-27-22(29-21(19)31)34-14-20(30)28-17-7-4-6-16(12-17)23(24,25)26/h4,6-13H,2-3,5,14H2,1H3,(H,28,30)(H,27,29,31). The second-order valence-electron chi connectivity index (χ2n) is 7.55. The number of aromatic nitrogens is 2. The Morgan fingerprint density at radius 3 is 2.49 bits per heavy atom. The Bertz CT molecular complexity index is 1360. The van der Waals surface area contributed by atoms with Crippen LogP contribution < -0.4 is 10.9 Å². The molecular weight excluding hydrogens is 503 g/mol. The summed E-state index contributed by atoms with van der Waals surface area (Å²) in [5, 5.41) is 2.33. The van der Waals surface area contributed by atoms with E-state index in [1.807, 2.05) is 0 Å². The van der Waals surface area contributed by atoms with Gasteiger partial charge in [-0.2, -0.15) is 13.2 Å². The maximum absolute atomic E-state index is 12.8. The Morgan fingerprint density at radius 2 is 1.86 bits per heavy atom. The molecule has 0 bridgehead atoms. The van der Waals surface area contributed by atoms with Crippen LogP contribution >= 0.6 is 11.8 Å². The second kappa shape index (κ2) is 11.1. The van der Waals surface area contributed by atoms with Crippen molar-refractivity contribution in [3.8, 4) is 0 Å². The van der Waals surface area contributed by atoms with Crippen molar-refractivity contribution >= 4 is 33.2 Å². The van der Waals surface area contributed by atoms with Crippen LogP contribution in [0.3, 0.4) is 0 Å². The molecule has 3 aromatic rings. The molecule has 0 aliphatic rings. The van der Waals surface area contributed by atoms with Crippen LogP contribution in [0, 0.1) is 0 Å². The SMILES string of the molecule is CCCCc1ccc(S(=O)(=O)c2cnc(SCC(=O)Nc3cccc(C(F)(F)F)c3)[nH]c2=O)cc1. The van der Waals surface area contributed by atoms with Gasteiger partial charge in [-0.05, 0) is 48.7 Å². The van der Waals surface area contributed by atoms with Gasteiger partial charge in [0.05, 0.1) is 22.4 Å². The molecule has 0 spiro atoms. The molecule has 0 radical (unpaired) electrons. The van der Waals surface area contributed by atoms with E-state index >= 15 is 0 Å². The van der Waals surface area contributed by atoms with Gasteiger partial charge in [-0.25, -0.2) is 13.4 Å². The van der Waals surface area contributed by atoms with Gasteiger partial charge in [0, 0.05) is 5.69 Å². The molecule has 2 aromatic carbocycles. The highest BCUT2D eigenvalue weighted by Crippen LogP contribution is 2.30. The smallest absolute Gasteiger partial charge is 0.325 e. The van der Waals surface area contributed by atoms with Gasteiger partial charge in [0.2, 0.25) is 15.7 Å². The number of aromatic amines is 1. The van der Waals surface area contributed by atoms with Crippen LogP contribution in [0.4, 0.5) is 18.9 Å². The van der Waals surface area contributed by atoms with Crippen molar-refractivity contribution in [2.75, 3.05) is 11.1 Å². The van der Waals surface area contributed by atoms with Crippen molar-refractivity contribution in [2.24, 2.45) is 0 Å². The predicted octanol–water partition coefficient (Wildman–Crippen LogP) is 4.69. The second-order valence-corrected chi connectivity index (χ2v) is 10.4. The van der Waals surface area contributed by atoms with Crippen LogP contribution in [0.1, 0.15) is 30.9 Å². The Morgan fingerprint density at radius 1 is 1.14 bits per heavy atom. The topological polar surface area (TPSA) is 109 Å². The van der Waals surface area contributed by atoms with Crippen molar-refractivity contribution in [3.05, 3.63) is 76.2 Å². The van der Waals surface area contributed by atoms with Gasteiger partial charge in [0.1, 0.15) is 0 Å². The number of benzene rings is 2. The Kier molecular flexibility index (Phi) is 8.39. The van der Waals surface area contributed by atoms with Crippen LogP contribution in [-0.2, 0) is 27.2 Å². The minimum absolute atomic E-state index is 0.0111. The van der Waals surface area contributed by atoms with Crippen molar-refractivity contribution in [3.63, 3.8) is 0 Å². The summed E-state index contributed by atoms with van der Waals surface area (Å²) >= 11 is 0.801. The molecular formula is C23H22F3N3O4S2. The summed E-state index contributed by atoms with van der Waals surface area (Å²) in [5.41, 5.74) is -0.834. The monoisotopic (exact) mass is 525 g/mol. The number of amides is 1. The lowest BCUT2D eigenvalue weighted by Crippen LogP contribution is -2.20. The van der Waals surface area contributed by atoms with Gasteiger partial charge in [-0.3, -0.25) is 9.59 Å². The zero-order valence-corrected chi connectivity index (χ0v) is 20.2. The third kappa shape index (κ3) is 6.95. The largest absolute Gasteiger partial charge is 0.416 e. The van der Waals surface area contributed by atoms with E-state index in [9.17, 15) is 31.2 Å². The predicted molar refractivity (Wildman–Crippen MR) is 126 cm³/mol. The average molecular weight is 526 g/mol. The summed E-state index contributed by atoms with van der Waals surface area (Å²) in [4.78, 5) is 30.2. The molecule has 12 heteroatoms. The van der Waals surface area contributed by atoms with Crippen molar-refractivity contribution in [2.45, 2.75) is 47.3 Å². The number of H-pyrrole nitrogens is 1. The number of unbranched alkanes of at least 4 members (excludes halogenated alkanes) is 1.